The zero-order valence-electron chi connectivity index (χ0n) is 20.6. The second kappa shape index (κ2) is 10.4. The highest BCUT2D eigenvalue weighted by atomic mass is 19.1. The van der Waals surface area contributed by atoms with Gasteiger partial charge in [0.15, 0.2) is 5.67 Å². The molecule has 2 saturated heterocycles. The Bertz CT molecular complexity index is 1000. The van der Waals surface area contributed by atoms with E-state index in [-0.39, 0.29) is 30.8 Å². The average molecular weight is 487 g/mol. The van der Waals surface area contributed by atoms with Gasteiger partial charge in [0.1, 0.15) is 18.1 Å². The van der Waals surface area contributed by atoms with Crippen LogP contribution in [-0.2, 0) is 19.1 Å². The van der Waals surface area contributed by atoms with Crippen molar-refractivity contribution in [2.45, 2.75) is 45.2 Å². The zero-order chi connectivity index (χ0) is 25.1. The summed E-state index contributed by atoms with van der Waals surface area (Å²) in [5.41, 5.74) is -0.0986. The molecule has 4 rings (SSSR count). The fraction of sp³-hybridized carbons (Fsp3) is 0.556. The predicted molar refractivity (Wildman–Crippen MR) is 130 cm³/mol. The molecule has 0 bridgehead atoms. The molecule has 3 aliphatic rings. The number of ether oxygens (including phenoxy) is 2. The molecule has 0 aromatic heterocycles. The standard InChI is InChI=1S/C27H35FN2O5/c1-3-34-21-14-27(28,15-22(35-4-2)25(21)20-8-6-5-7-9-20)19-29-12-10-26(11-13-29)16-23(31)30(18-26)17-24(32)33/h5-9,14H,3-4,10-13,15-19H2,1-2H3,(H,32,33). The lowest BCUT2D eigenvalue weighted by atomic mass is 9.77. The second-order valence-electron chi connectivity index (χ2n) is 9.85. The summed E-state index contributed by atoms with van der Waals surface area (Å²) in [7, 11) is 0. The third kappa shape index (κ3) is 5.69. The van der Waals surface area contributed by atoms with Crippen molar-refractivity contribution in [3.63, 3.8) is 0 Å². The molecule has 7 nitrogen and oxygen atoms in total. The first-order valence-corrected chi connectivity index (χ1v) is 12.4. The Morgan fingerprint density at radius 1 is 1.09 bits per heavy atom. The van der Waals surface area contributed by atoms with Gasteiger partial charge in [-0.1, -0.05) is 30.3 Å². The first-order chi connectivity index (χ1) is 16.8. The first kappa shape index (κ1) is 25.2. The van der Waals surface area contributed by atoms with Crippen LogP contribution in [0, 0.1) is 5.41 Å². The third-order valence-corrected chi connectivity index (χ3v) is 7.18. The highest BCUT2D eigenvalue weighted by Gasteiger charge is 2.47. The predicted octanol–water partition coefficient (Wildman–Crippen LogP) is 3.87. The minimum absolute atomic E-state index is 0.0979. The number of nitrogens with zero attached hydrogens (tertiary/aromatic N) is 2. The van der Waals surface area contributed by atoms with Crippen LogP contribution in [0.3, 0.4) is 0 Å². The molecule has 1 aromatic rings. The smallest absolute Gasteiger partial charge is 0.323 e. The van der Waals surface area contributed by atoms with E-state index >= 15 is 4.39 Å². The summed E-state index contributed by atoms with van der Waals surface area (Å²) in [6.07, 6.45) is 3.61. The molecule has 0 saturated carbocycles. The van der Waals surface area contributed by atoms with Crippen molar-refractivity contribution < 1.29 is 28.6 Å². The minimum atomic E-state index is -1.64. The Balaban J connectivity index is 1.48. The summed E-state index contributed by atoms with van der Waals surface area (Å²) in [6, 6.07) is 9.79. The number of hydrogen-bond acceptors (Lipinski definition) is 5. The Morgan fingerprint density at radius 2 is 1.77 bits per heavy atom. The van der Waals surface area contributed by atoms with Gasteiger partial charge in [-0.25, -0.2) is 4.39 Å². The van der Waals surface area contributed by atoms with Gasteiger partial charge < -0.3 is 19.5 Å². The van der Waals surface area contributed by atoms with E-state index < -0.39 is 11.6 Å². The SMILES string of the molecule is CCOC1=CC(F)(CN2CCC3(CC2)CC(=O)N(CC(=O)O)C3)CC(OCC)=C1c1ccccc1. The number of rotatable bonds is 9. The molecule has 0 radical (unpaired) electrons. The number of likely N-dealkylation sites (tertiary alicyclic amines) is 2. The van der Waals surface area contributed by atoms with Crippen molar-refractivity contribution in [3.8, 4) is 0 Å². The monoisotopic (exact) mass is 486 g/mol. The Kier molecular flexibility index (Phi) is 7.50. The number of carboxylic acids is 1. The van der Waals surface area contributed by atoms with E-state index in [0.29, 0.717) is 50.8 Å². The maximum Gasteiger partial charge on any atom is 0.323 e. The van der Waals surface area contributed by atoms with E-state index in [1.807, 2.05) is 44.2 Å². The molecular weight excluding hydrogens is 451 g/mol. The summed E-state index contributed by atoms with van der Waals surface area (Å²) in [6.45, 7) is 6.41. The average Bonchev–Trinajstić information content (AvgIpc) is 3.10. The van der Waals surface area contributed by atoms with Gasteiger partial charge in [0.25, 0.3) is 0 Å². The van der Waals surface area contributed by atoms with Gasteiger partial charge in [-0.05, 0) is 56.8 Å². The molecule has 1 N–H and O–H groups in total. The van der Waals surface area contributed by atoms with Crippen molar-refractivity contribution in [1.82, 2.24) is 9.80 Å². The van der Waals surface area contributed by atoms with Gasteiger partial charge in [0.05, 0.1) is 18.8 Å². The fourth-order valence-corrected chi connectivity index (χ4v) is 5.61. The van der Waals surface area contributed by atoms with E-state index in [0.717, 1.165) is 24.0 Å². The molecular formula is C27H35FN2O5. The molecule has 1 aliphatic carbocycles. The van der Waals surface area contributed by atoms with Crippen molar-refractivity contribution in [2.24, 2.45) is 5.41 Å². The topological polar surface area (TPSA) is 79.3 Å². The van der Waals surface area contributed by atoms with Crippen LogP contribution >= 0.6 is 0 Å². The number of carbonyl (C=O) groups excluding carboxylic acids is 1. The number of carboxylic acid groups (broad SMARTS) is 1. The molecule has 1 aromatic carbocycles. The molecule has 1 amide bonds. The maximum atomic E-state index is 16.4. The number of amides is 1. The molecule has 1 unspecified atom stereocenters. The van der Waals surface area contributed by atoms with Gasteiger partial charge in [-0.15, -0.1) is 0 Å². The van der Waals surface area contributed by atoms with Crippen LogP contribution in [0.2, 0.25) is 0 Å². The number of aliphatic carboxylic acids is 1. The molecule has 2 fully saturated rings. The molecule has 35 heavy (non-hydrogen) atoms. The summed E-state index contributed by atoms with van der Waals surface area (Å²) in [4.78, 5) is 26.9. The Hall–Kier alpha value is -2.87. The van der Waals surface area contributed by atoms with Crippen molar-refractivity contribution in [3.05, 3.63) is 53.5 Å². The summed E-state index contributed by atoms with van der Waals surface area (Å²) in [5, 5.41) is 9.07. The molecule has 1 spiro atoms. The largest absolute Gasteiger partial charge is 0.497 e. The van der Waals surface area contributed by atoms with E-state index in [1.165, 1.54) is 4.90 Å². The normalized spacial score (nSPS) is 24.6. The highest BCUT2D eigenvalue weighted by molar-refractivity contribution is 5.84. The van der Waals surface area contributed by atoms with E-state index in [1.54, 1.807) is 6.08 Å². The minimum Gasteiger partial charge on any atom is -0.497 e. The lowest BCUT2D eigenvalue weighted by Gasteiger charge is -2.41. The number of allylic oxidation sites excluding steroid dienone is 2. The van der Waals surface area contributed by atoms with Crippen LogP contribution in [0.25, 0.3) is 5.57 Å². The number of hydrogen-bond donors (Lipinski definition) is 1. The number of halogens is 1. The molecule has 190 valence electrons. The van der Waals surface area contributed by atoms with E-state index in [2.05, 4.69) is 4.90 Å². The van der Waals surface area contributed by atoms with Crippen LogP contribution in [0.4, 0.5) is 4.39 Å². The lowest BCUT2D eigenvalue weighted by molar-refractivity contribution is -0.142. The van der Waals surface area contributed by atoms with Crippen LogP contribution in [0.15, 0.2) is 47.9 Å². The molecule has 2 heterocycles. The van der Waals surface area contributed by atoms with Crippen molar-refractivity contribution in [1.29, 1.82) is 0 Å². The van der Waals surface area contributed by atoms with Gasteiger partial charge in [-0.2, -0.15) is 0 Å². The van der Waals surface area contributed by atoms with E-state index in [9.17, 15) is 9.59 Å². The van der Waals surface area contributed by atoms with Gasteiger partial charge in [0, 0.05) is 25.9 Å². The quantitative estimate of drug-likeness (QED) is 0.571. The number of piperidine rings is 1. The second-order valence-corrected chi connectivity index (χ2v) is 9.85. The number of benzene rings is 1. The summed E-state index contributed by atoms with van der Waals surface area (Å²) in [5.74, 6) is 0.0233. The van der Waals surface area contributed by atoms with Gasteiger partial charge in [0.2, 0.25) is 5.91 Å². The maximum absolute atomic E-state index is 16.4. The van der Waals surface area contributed by atoms with Gasteiger partial charge in [-0.3, -0.25) is 14.5 Å². The Morgan fingerprint density at radius 3 is 2.40 bits per heavy atom. The third-order valence-electron chi connectivity index (χ3n) is 7.18. The summed E-state index contributed by atoms with van der Waals surface area (Å²) >= 11 is 0. The van der Waals surface area contributed by atoms with Crippen molar-refractivity contribution >= 4 is 17.4 Å². The van der Waals surface area contributed by atoms with E-state index in [4.69, 9.17) is 14.6 Å². The lowest BCUT2D eigenvalue weighted by Crippen LogP contribution is -2.47. The highest BCUT2D eigenvalue weighted by Crippen LogP contribution is 2.44. The van der Waals surface area contributed by atoms with Crippen LogP contribution in [-0.4, -0.2) is 78.4 Å². The Labute approximate surface area is 206 Å². The first-order valence-electron chi connectivity index (χ1n) is 12.4. The molecule has 2 aliphatic heterocycles. The van der Waals surface area contributed by atoms with Crippen LogP contribution < -0.4 is 0 Å². The van der Waals surface area contributed by atoms with Crippen LogP contribution in [0.5, 0.6) is 0 Å². The summed E-state index contributed by atoms with van der Waals surface area (Å²) < 4.78 is 28.3. The van der Waals surface area contributed by atoms with Gasteiger partial charge >= 0.3 is 5.97 Å². The number of alkyl halides is 1. The van der Waals surface area contributed by atoms with Crippen molar-refractivity contribution in [2.75, 3.05) is 45.9 Å². The number of carbonyl (C=O) groups is 2. The molecule has 1 atom stereocenters. The zero-order valence-corrected chi connectivity index (χ0v) is 20.6. The fourth-order valence-electron chi connectivity index (χ4n) is 5.61. The van der Waals surface area contributed by atoms with Crippen LogP contribution in [0.1, 0.15) is 45.1 Å². The molecule has 8 heteroatoms.